The van der Waals surface area contributed by atoms with Gasteiger partial charge in [-0.25, -0.2) is 0 Å². The fraction of sp³-hybridized carbons (Fsp3) is 0.789. The number of ketones is 2. The molecule has 1 saturated carbocycles. The maximum atomic E-state index is 12.7. The first-order valence-electron chi connectivity index (χ1n) is 8.62. The van der Waals surface area contributed by atoms with E-state index in [1.165, 1.54) is 0 Å². The van der Waals surface area contributed by atoms with Crippen molar-refractivity contribution in [2.75, 3.05) is 6.61 Å². The average molecular weight is 337 g/mol. The molecule has 0 spiro atoms. The molecule has 0 unspecified atom stereocenters. The van der Waals surface area contributed by atoms with E-state index in [9.17, 15) is 14.7 Å². The molecule has 1 rings (SSSR count). The van der Waals surface area contributed by atoms with Gasteiger partial charge in [-0.1, -0.05) is 47.5 Å². The Morgan fingerprint density at radius 2 is 1.48 bits per heavy atom. The summed E-state index contributed by atoms with van der Waals surface area (Å²) < 4.78 is 0. The van der Waals surface area contributed by atoms with Crippen molar-refractivity contribution < 1.29 is 14.7 Å². The lowest BCUT2D eigenvalue weighted by atomic mass is 9.81. The summed E-state index contributed by atoms with van der Waals surface area (Å²) in [6, 6.07) is 0. The Bertz CT molecular complexity index is 527. The summed E-state index contributed by atoms with van der Waals surface area (Å²) >= 11 is 0. The molecule has 0 bridgehead atoms. The third-order valence-electron chi connectivity index (χ3n) is 5.82. The van der Waals surface area contributed by atoms with E-state index >= 15 is 0 Å². The van der Waals surface area contributed by atoms with Crippen molar-refractivity contribution in [2.24, 2.45) is 10.8 Å². The van der Waals surface area contributed by atoms with Gasteiger partial charge in [-0.2, -0.15) is 0 Å². The summed E-state index contributed by atoms with van der Waals surface area (Å²) in [5.74, 6) is 2.82. The Kier molecular flexibility index (Phi) is 5.71. The molecule has 0 heterocycles. The Balaban J connectivity index is 3.46. The smallest absolute Gasteiger partial charge is 0.166 e. The second kappa shape index (κ2) is 6.53. The Morgan fingerprint density at radius 3 is 1.74 bits per heavy atom. The molecule has 0 aromatic rings. The molecule has 1 atom stereocenters. The molecule has 0 aromatic heterocycles. The minimum absolute atomic E-state index is 0.0428. The minimum atomic E-state index is -1.99. The summed E-state index contributed by atoms with van der Waals surface area (Å²) in [5, 5.41) is 9.89. The van der Waals surface area contributed by atoms with Crippen LogP contribution < -0.4 is 0 Å². The highest BCUT2D eigenvalue weighted by Crippen LogP contribution is 2.45. The number of aliphatic hydroxyl groups is 1. The second-order valence-corrected chi connectivity index (χ2v) is 14.0. The van der Waals surface area contributed by atoms with Crippen LogP contribution in [0.3, 0.4) is 0 Å². The zero-order chi connectivity index (χ0) is 18.2. The van der Waals surface area contributed by atoms with Crippen LogP contribution in [0.4, 0.5) is 0 Å². The molecule has 130 valence electrons. The minimum Gasteiger partial charge on any atom is -0.394 e. The van der Waals surface area contributed by atoms with Gasteiger partial charge in [-0.05, 0) is 30.5 Å². The maximum absolute atomic E-state index is 12.7. The number of rotatable bonds is 4. The fourth-order valence-electron chi connectivity index (χ4n) is 4.23. The average Bonchev–Trinajstić information content (AvgIpc) is 2.59. The second-order valence-electron chi connectivity index (χ2n) is 8.44. The molecular formula is C19H32O3Si. The predicted molar refractivity (Wildman–Crippen MR) is 96.8 cm³/mol. The summed E-state index contributed by atoms with van der Waals surface area (Å²) in [7, 11) is -1.99. The highest BCUT2D eigenvalue weighted by atomic mass is 28.3. The van der Waals surface area contributed by atoms with E-state index in [0.717, 1.165) is 0 Å². The van der Waals surface area contributed by atoms with Gasteiger partial charge in [0.1, 0.15) is 19.3 Å². The van der Waals surface area contributed by atoms with Crippen molar-refractivity contribution >= 4 is 19.6 Å². The van der Waals surface area contributed by atoms with Gasteiger partial charge in [0.2, 0.25) is 0 Å². The first-order valence-corrected chi connectivity index (χ1v) is 10.8. The van der Waals surface area contributed by atoms with E-state index in [0.29, 0.717) is 16.6 Å². The lowest BCUT2D eigenvalue weighted by Gasteiger charge is -2.38. The van der Waals surface area contributed by atoms with Gasteiger partial charge in [0.25, 0.3) is 0 Å². The van der Waals surface area contributed by atoms with E-state index in [4.69, 9.17) is 0 Å². The lowest BCUT2D eigenvalue weighted by molar-refractivity contribution is -0.135. The van der Waals surface area contributed by atoms with E-state index in [-0.39, 0.29) is 24.6 Å². The first-order chi connectivity index (χ1) is 10.4. The van der Waals surface area contributed by atoms with Gasteiger partial charge in [0.15, 0.2) is 5.78 Å². The third kappa shape index (κ3) is 3.06. The summed E-state index contributed by atoms with van der Waals surface area (Å²) in [5.41, 5.74) is 2.63. The molecule has 0 radical (unpaired) electrons. The van der Waals surface area contributed by atoms with Crippen LogP contribution in [-0.4, -0.2) is 31.4 Å². The normalized spacial score (nSPS) is 24.5. The molecule has 1 aliphatic rings. The van der Waals surface area contributed by atoms with Gasteiger partial charge in [0.05, 0.1) is 12.0 Å². The zero-order valence-electron chi connectivity index (χ0n) is 15.9. The van der Waals surface area contributed by atoms with E-state index in [2.05, 4.69) is 53.0 Å². The van der Waals surface area contributed by atoms with Crippen LogP contribution >= 0.6 is 0 Å². The van der Waals surface area contributed by atoms with Gasteiger partial charge < -0.3 is 5.11 Å². The largest absolute Gasteiger partial charge is 0.394 e. The van der Waals surface area contributed by atoms with Crippen molar-refractivity contribution in [2.45, 2.75) is 78.4 Å². The Labute approximate surface area is 142 Å². The summed E-state index contributed by atoms with van der Waals surface area (Å²) in [6.07, 6.45) is 0.0428. The van der Waals surface area contributed by atoms with Crippen LogP contribution in [0.5, 0.6) is 0 Å². The number of hydrogen-bond donors (Lipinski definition) is 1. The quantitative estimate of drug-likeness (QED) is 0.483. The van der Waals surface area contributed by atoms with Crippen molar-refractivity contribution in [1.29, 1.82) is 0 Å². The van der Waals surface area contributed by atoms with Gasteiger partial charge in [0, 0.05) is 6.42 Å². The van der Waals surface area contributed by atoms with E-state index < -0.39 is 18.9 Å². The number of aliphatic hydroxyl groups excluding tert-OH is 1. The van der Waals surface area contributed by atoms with Gasteiger partial charge >= 0.3 is 0 Å². The molecule has 0 amide bonds. The van der Waals surface area contributed by atoms with Crippen LogP contribution in [0.25, 0.3) is 0 Å². The molecule has 0 aliphatic heterocycles. The lowest BCUT2D eigenvalue weighted by Crippen LogP contribution is -2.44. The molecule has 1 N–H and O–H groups in total. The topological polar surface area (TPSA) is 54.4 Å². The number of hydrogen-bond acceptors (Lipinski definition) is 3. The monoisotopic (exact) mass is 336 g/mol. The molecule has 3 nitrogen and oxygen atoms in total. The SMILES string of the molecule is CC(C)[Si](C#C[C@]1(CO)CC(=O)C(C)(C)C1=O)(C(C)C)C(C)C. The fourth-order valence-corrected chi connectivity index (χ4v) is 9.55. The molecule has 1 fully saturated rings. The predicted octanol–water partition coefficient (Wildman–Crippen LogP) is 3.75. The molecule has 0 saturated heterocycles. The van der Waals surface area contributed by atoms with Crippen molar-refractivity contribution in [3.8, 4) is 11.5 Å². The summed E-state index contributed by atoms with van der Waals surface area (Å²) in [4.78, 5) is 25.0. The Morgan fingerprint density at radius 1 is 1.04 bits per heavy atom. The van der Waals surface area contributed by atoms with Crippen LogP contribution in [0.2, 0.25) is 16.6 Å². The van der Waals surface area contributed by atoms with E-state index in [1.807, 2.05) is 0 Å². The molecule has 4 heteroatoms. The number of carbonyl (C=O) groups excluding carboxylic acids is 2. The molecule has 1 aliphatic carbocycles. The number of carbonyl (C=O) groups is 2. The highest BCUT2D eigenvalue weighted by Gasteiger charge is 2.57. The molecule has 0 aromatic carbocycles. The van der Waals surface area contributed by atoms with Crippen LogP contribution in [0.15, 0.2) is 0 Å². The summed E-state index contributed by atoms with van der Waals surface area (Å²) in [6.45, 7) is 16.2. The number of Topliss-reactive ketones (excluding diaryl/α,β-unsaturated/α-hetero) is 2. The molecule has 23 heavy (non-hydrogen) atoms. The first kappa shape index (κ1) is 20.1. The van der Waals surface area contributed by atoms with E-state index in [1.54, 1.807) is 13.8 Å². The molecular weight excluding hydrogens is 304 g/mol. The van der Waals surface area contributed by atoms with Crippen molar-refractivity contribution in [3.05, 3.63) is 0 Å². The zero-order valence-corrected chi connectivity index (χ0v) is 16.9. The van der Waals surface area contributed by atoms with Crippen LogP contribution in [-0.2, 0) is 9.59 Å². The maximum Gasteiger partial charge on any atom is 0.166 e. The third-order valence-corrected chi connectivity index (χ3v) is 12.1. The van der Waals surface area contributed by atoms with Crippen molar-refractivity contribution in [1.82, 2.24) is 0 Å². The van der Waals surface area contributed by atoms with Gasteiger partial charge in [-0.3, -0.25) is 9.59 Å². The van der Waals surface area contributed by atoms with Crippen molar-refractivity contribution in [3.63, 3.8) is 0 Å². The standard InChI is InChI=1S/C19H32O3Si/c1-13(2)23(14(3)4,15(5)6)10-9-19(12-20)11-16(21)18(7,8)17(19)22/h13-15,20H,11-12H2,1-8H3/t19-/m1/s1. The Hall–Kier alpha value is -0.923. The highest BCUT2D eigenvalue weighted by molar-refractivity contribution is 6.90. The van der Waals surface area contributed by atoms with Crippen LogP contribution in [0, 0.1) is 22.3 Å². The van der Waals surface area contributed by atoms with Crippen LogP contribution in [0.1, 0.15) is 61.8 Å². The van der Waals surface area contributed by atoms with Gasteiger partial charge in [-0.15, -0.1) is 5.54 Å².